The van der Waals surface area contributed by atoms with Gasteiger partial charge in [-0.05, 0) is 62.4 Å². The summed E-state index contributed by atoms with van der Waals surface area (Å²) in [6.07, 6.45) is -0.272. The number of esters is 1. The molecule has 0 radical (unpaired) electrons. The van der Waals surface area contributed by atoms with Crippen molar-refractivity contribution in [3.05, 3.63) is 82.9 Å². The van der Waals surface area contributed by atoms with Crippen LogP contribution in [0, 0.1) is 31.0 Å². The summed E-state index contributed by atoms with van der Waals surface area (Å²) in [5.74, 6) is -1.90. The van der Waals surface area contributed by atoms with Crippen molar-refractivity contribution in [2.45, 2.75) is 20.3 Å². The van der Waals surface area contributed by atoms with Crippen molar-refractivity contribution in [3.63, 3.8) is 0 Å². The molecule has 32 heavy (non-hydrogen) atoms. The van der Waals surface area contributed by atoms with Gasteiger partial charge in [0.25, 0.3) is 0 Å². The van der Waals surface area contributed by atoms with Crippen LogP contribution in [0.3, 0.4) is 0 Å². The third-order valence-corrected chi connectivity index (χ3v) is 4.78. The number of anilines is 1. The van der Waals surface area contributed by atoms with Crippen LogP contribution in [0.4, 0.5) is 10.1 Å². The molecule has 0 aliphatic carbocycles. The summed E-state index contributed by atoms with van der Waals surface area (Å²) < 4.78 is 20.5. The van der Waals surface area contributed by atoms with Gasteiger partial charge in [0.2, 0.25) is 11.7 Å². The van der Waals surface area contributed by atoms with E-state index in [0.29, 0.717) is 22.6 Å². The zero-order valence-electron chi connectivity index (χ0n) is 17.5. The number of halogens is 1. The highest BCUT2D eigenvalue weighted by Gasteiger charge is 2.19. The molecule has 0 aliphatic heterocycles. The smallest absolute Gasteiger partial charge is 0.338 e. The number of ether oxygens (including phenoxy) is 1. The van der Waals surface area contributed by atoms with Crippen molar-refractivity contribution >= 4 is 23.3 Å². The lowest BCUT2D eigenvalue weighted by molar-refractivity contribution is -0.115. The average Bonchev–Trinajstić information content (AvgIpc) is 3.06. The van der Waals surface area contributed by atoms with Crippen LogP contribution >= 0.6 is 0 Å². The fraction of sp³-hybridized carbons (Fsp3) is 0.167. The molecule has 1 amide bonds. The maximum absolute atomic E-state index is 13.6. The SMILES string of the molecule is Cc1cc(C(=O)COC(=O)c2ccc(NC(=O)CC#N)cc2)c(C)n1-c1cccc(F)c1. The number of hydrogen-bond donors (Lipinski definition) is 1. The molecule has 0 unspecified atom stereocenters. The molecule has 0 bridgehead atoms. The summed E-state index contributed by atoms with van der Waals surface area (Å²) in [5, 5.41) is 11.0. The minimum atomic E-state index is -0.688. The number of Topliss-reactive ketones (excluding diaryl/α,β-unsaturated/α-hetero) is 1. The lowest BCUT2D eigenvalue weighted by Gasteiger charge is -2.10. The maximum Gasteiger partial charge on any atom is 0.338 e. The van der Waals surface area contributed by atoms with E-state index in [4.69, 9.17) is 10.00 Å². The van der Waals surface area contributed by atoms with Gasteiger partial charge >= 0.3 is 5.97 Å². The lowest BCUT2D eigenvalue weighted by atomic mass is 10.1. The number of carbonyl (C=O) groups is 3. The molecule has 0 aliphatic rings. The number of ketones is 1. The normalized spacial score (nSPS) is 10.3. The molecule has 0 fully saturated rings. The van der Waals surface area contributed by atoms with E-state index >= 15 is 0 Å². The molecule has 3 aromatic rings. The highest BCUT2D eigenvalue weighted by Crippen LogP contribution is 2.22. The monoisotopic (exact) mass is 433 g/mol. The quantitative estimate of drug-likeness (QED) is 0.446. The Morgan fingerprint density at radius 1 is 1.09 bits per heavy atom. The van der Waals surface area contributed by atoms with Gasteiger partial charge in [-0.15, -0.1) is 0 Å². The van der Waals surface area contributed by atoms with Crippen molar-refractivity contribution < 1.29 is 23.5 Å². The minimum absolute atomic E-state index is 0.210. The first-order valence-electron chi connectivity index (χ1n) is 9.72. The van der Waals surface area contributed by atoms with Gasteiger partial charge in [-0.2, -0.15) is 5.26 Å². The zero-order chi connectivity index (χ0) is 23.3. The Morgan fingerprint density at radius 3 is 2.47 bits per heavy atom. The predicted molar refractivity (Wildman–Crippen MR) is 115 cm³/mol. The summed E-state index contributed by atoms with van der Waals surface area (Å²) >= 11 is 0. The number of nitrogens with one attached hydrogen (secondary N) is 1. The van der Waals surface area contributed by atoms with Crippen LogP contribution in [0.5, 0.6) is 0 Å². The average molecular weight is 433 g/mol. The van der Waals surface area contributed by atoms with Crippen LogP contribution in [-0.4, -0.2) is 28.8 Å². The van der Waals surface area contributed by atoms with E-state index in [1.54, 1.807) is 42.7 Å². The van der Waals surface area contributed by atoms with Crippen LogP contribution in [0.25, 0.3) is 5.69 Å². The van der Waals surface area contributed by atoms with Gasteiger partial charge in [0.05, 0.1) is 11.6 Å². The highest BCUT2D eigenvalue weighted by molar-refractivity contribution is 6.00. The van der Waals surface area contributed by atoms with E-state index in [1.165, 1.54) is 36.4 Å². The lowest BCUT2D eigenvalue weighted by Crippen LogP contribution is -2.15. The molecule has 7 nitrogen and oxygen atoms in total. The Morgan fingerprint density at radius 2 is 1.81 bits per heavy atom. The number of carbonyl (C=O) groups excluding carboxylic acids is 3. The van der Waals surface area contributed by atoms with Gasteiger partial charge in [-0.25, -0.2) is 9.18 Å². The summed E-state index contributed by atoms with van der Waals surface area (Å²) in [7, 11) is 0. The van der Waals surface area contributed by atoms with Gasteiger partial charge in [-0.3, -0.25) is 9.59 Å². The van der Waals surface area contributed by atoms with E-state index in [1.807, 2.05) is 0 Å². The predicted octanol–water partition coefficient (Wildman–Crippen LogP) is 4.13. The summed E-state index contributed by atoms with van der Waals surface area (Å²) in [6, 6.07) is 15.4. The standard InChI is InChI=1S/C24H20FN3O4/c1-15-12-21(16(2)28(15)20-5-3-4-18(25)13-20)22(29)14-32-24(31)17-6-8-19(9-7-17)27-23(30)10-11-26/h3-9,12-13H,10,14H2,1-2H3,(H,27,30). The van der Waals surface area contributed by atoms with Crippen LogP contribution in [0.1, 0.15) is 38.5 Å². The summed E-state index contributed by atoms with van der Waals surface area (Å²) in [6.45, 7) is 3.09. The molecule has 162 valence electrons. The first-order chi connectivity index (χ1) is 15.3. The second-order valence-corrected chi connectivity index (χ2v) is 7.06. The van der Waals surface area contributed by atoms with Crippen LogP contribution < -0.4 is 5.32 Å². The molecule has 2 aromatic carbocycles. The molecule has 1 heterocycles. The van der Waals surface area contributed by atoms with Crippen molar-refractivity contribution in [2.75, 3.05) is 11.9 Å². The number of aromatic nitrogens is 1. The molecular formula is C24H20FN3O4. The van der Waals surface area contributed by atoms with E-state index in [9.17, 15) is 18.8 Å². The first-order valence-corrected chi connectivity index (χ1v) is 9.72. The van der Waals surface area contributed by atoms with Gasteiger partial charge in [0.1, 0.15) is 12.2 Å². The third-order valence-electron chi connectivity index (χ3n) is 4.78. The summed E-state index contributed by atoms with van der Waals surface area (Å²) in [4.78, 5) is 36.4. The van der Waals surface area contributed by atoms with Gasteiger partial charge < -0.3 is 14.6 Å². The topological polar surface area (TPSA) is 101 Å². The fourth-order valence-electron chi connectivity index (χ4n) is 3.32. The Balaban J connectivity index is 1.66. The Labute approximate surface area is 184 Å². The zero-order valence-corrected chi connectivity index (χ0v) is 17.5. The molecule has 3 rings (SSSR count). The van der Waals surface area contributed by atoms with Crippen molar-refractivity contribution in [2.24, 2.45) is 0 Å². The number of hydrogen-bond acceptors (Lipinski definition) is 5. The Hall–Kier alpha value is -4.25. The third kappa shape index (κ3) is 5.08. The Bertz CT molecular complexity index is 1220. The maximum atomic E-state index is 13.6. The molecule has 1 N–H and O–H groups in total. The molecular weight excluding hydrogens is 413 g/mol. The number of nitriles is 1. The van der Waals surface area contributed by atoms with Crippen molar-refractivity contribution in [1.82, 2.24) is 4.57 Å². The Kier molecular flexibility index (Phi) is 6.80. The molecule has 0 spiro atoms. The number of amides is 1. The fourth-order valence-corrected chi connectivity index (χ4v) is 3.32. The number of aryl methyl sites for hydroxylation is 1. The van der Waals surface area contributed by atoms with E-state index < -0.39 is 18.5 Å². The van der Waals surface area contributed by atoms with Crippen LogP contribution in [0.2, 0.25) is 0 Å². The minimum Gasteiger partial charge on any atom is -0.454 e. The summed E-state index contributed by atoms with van der Waals surface area (Å²) in [5.41, 5.74) is 2.99. The first kappa shape index (κ1) is 22.4. The van der Waals surface area contributed by atoms with Crippen molar-refractivity contribution in [1.29, 1.82) is 5.26 Å². The van der Waals surface area contributed by atoms with Crippen molar-refractivity contribution in [3.8, 4) is 11.8 Å². The van der Waals surface area contributed by atoms with Crippen LogP contribution in [0.15, 0.2) is 54.6 Å². The number of rotatable bonds is 7. The second kappa shape index (κ2) is 9.71. The second-order valence-electron chi connectivity index (χ2n) is 7.06. The molecule has 0 atom stereocenters. The number of nitrogens with zero attached hydrogens (tertiary/aromatic N) is 2. The molecule has 0 saturated heterocycles. The molecule has 1 aromatic heterocycles. The van der Waals surface area contributed by atoms with Gasteiger partial charge in [-0.1, -0.05) is 6.07 Å². The van der Waals surface area contributed by atoms with E-state index in [-0.39, 0.29) is 23.6 Å². The number of benzene rings is 2. The van der Waals surface area contributed by atoms with Gasteiger partial charge in [0.15, 0.2) is 6.61 Å². The largest absolute Gasteiger partial charge is 0.454 e. The molecule has 8 heteroatoms. The molecule has 0 saturated carbocycles. The van der Waals surface area contributed by atoms with E-state index in [0.717, 1.165) is 5.69 Å². The van der Waals surface area contributed by atoms with E-state index in [2.05, 4.69) is 5.32 Å². The van der Waals surface area contributed by atoms with Gasteiger partial charge in [0, 0.05) is 28.3 Å². The van der Waals surface area contributed by atoms with Crippen LogP contribution in [-0.2, 0) is 9.53 Å². The highest BCUT2D eigenvalue weighted by atomic mass is 19.1.